The Labute approximate surface area is 137 Å². The van der Waals surface area contributed by atoms with Gasteiger partial charge in [-0.3, -0.25) is 4.79 Å². The van der Waals surface area contributed by atoms with Crippen molar-refractivity contribution in [2.45, 2.75) is 19.3 Å². The summed E-state index contributed by atoms with van der Waals surface area (Å²) in [5, 5.41) is 1.26. The fraction of sp³-hybridized carbons (Fsp3) is 0.471. The average molecular weight is 334 g/mol. The summed E-state index contributed by atoms with van der Waals surface area (Å²) in [5.41, 5.74) is 0.856. The van der Waals surface area contributed by atoms with Gasteiger partial charge in [0.25, 0.3) is 0 Å². The molecule has 1 heterocycles. The molecular formula is C17H22N2O3S. The Morgan fingerprint density at radius 1 is 1.04 bits per heavy atom. The SMILES string of the molecule is O=C(C1CCC1)N1CCN(S(=O)(=O)/C=C/c2ccccc2)CC1. The van der Waals surface area contributed by atoms with E-state index in [1.54, 1.807) is 6.08 Å². The van der Waals surface area contributed by atoms with Crippen LogP contribution in [0.25, 0.3) is 6.08 Å². The highest BCUT2D eigenvalue weighted by Gasteiger charge is 2.33. The lowest BCUT2D eigenvalue weighted by Crippen LogP contribution is -2.52. The van der Waals surface area contributed by atoms with Crippen LogP contribution >= 0.6 is 0 Å². The second-order valence-electron chi connectivity index (χ2n) is 6.11. The van der Waals surface area contributed by atoms with Crippen LogP contribution in [-0.2, 0) is 14.8 Å². The first-order valence-corrected chi connectivity index (χ1v) is 9.59. The van der Waals surface area contributed by atoms with E-state index in [0.29, 0.717) is 26.2 Å². The minimum Gasteiger partial charge on any atom is -0.340 e. The quantitative estimate of drug-likeness (QED) is 0.845. The number of piperazine rings is 1. The first-order valence-electron chi connectivity index (χ1n) is 8.08. The molecule has 0 spiro atoms. The van der Waals surface area contributed by atoms with Gasteiger partial charge in [-0.1, -0.05) is 36.8 Å². The van der Waals surface area contributed by atoms with Gasteiger partial charge in [0.05, 0.1) is 0 Å². The van der Waals surface area contributed by atoms with Gasteiger partial charge in [0.15, 0.2) is 0 Å². The molecule has 1 aromatic rings. The zero-order valence-corrected chi connectivity index (χ0v) is 13.9. The van der Waals surface area contributed by atoms with Crippen molar-refractivity contribution in [1.82, 2.24) is 9.21 Å². The predicted octanol–water partition coefficient (Wildman–Crippen LogP) is 1.93. The van der Waals surface area contributed by atoms with Crippen molar-refractivity contribution in [1.29, 1.82) is 0 Å². The number of rotatable bonds is 4. The molecule has 0 unspecified atom stereocenters. The Hall–Kier alpha value is -1.66. The van der Waals surface area contributed by atoms with Gasteiger partial charge in [0.1, 0.15) is 0 Å². The second-order valence-corrected chi connectivity index (χ2v) is 7.93. The molecular weight excluding hydrogens is 312 g/mol. The number of benzene rings is 1. The van der Waals surface area contributed by atoms with Crippen molar-refractivity contribution in [3.8, 4) is 0 Å². The van der Waals surface area contributed by atoms with Gasteiger partial charge < -0.3 is 4.90 Å². The third-order valence-corrected chi connectivity index (χ3v) is 6.16. The molecule has 0 radical (unpaired) electrons. The highest BCUT2D eigenvalue weighted by atomic mass is 32.2. The summed E-state index contributed by atoms with van der Waals surface area (Å²) in [6.45, 7) is 1.74. The van der Waals surface area contributed by atoms with Crippen LogP contribution in [0.4, 0.5) is 0 Å². The lowest BCUT2D eigenvalue weighted by molar-refractivity contribution is -0.139. The fourth-order valence-corrected chi connectivity index (χ4v) is 4.06. The zero-order valence-electron chi connectivity index (χ0n) is 13.1. The van der Waals surface area contributed by atoms with Crippen molar-refractivity contribution in [3.05, 3.63) is 41.3 Å². The molecule has 0 atom stereocenters. The molecule has 0 aromatic heterocycles. The van der Waals surface area contributed by atoms with Crippen LogP contribution in [-0.4, -0.2) is 49.7 Å². The van der Waals surface area contributed by atoms with Crippen molar-refractivity contribution < 1.29 is 13.2 Å². The summed E-state index contributed by atoms with van der Waals surface area (Å²) in [5.74, 6) is 0.379. The molecule has 3 rings (SSSR count). The standard InChI is InChI=1S/C17H22N2O3S/c20-17(16-7-4-8-16)18-10-12-19(13-11-18)23(21,22)14-9-15-5-2-1-3-6-15/h1-3,5-6,9,14,16H,4,7-8,10-13H2/b14-9+. The Bertz CT molecular complexity index is 673. The monoisotopic (exact) mass is 334 g/mol. The zero-order chi connectivity index (χ0) is 16.3. The van der Waals surface area contributed by atoms with E-state index in [9.17, 15) is 13.2 Å². The van der Waals surface area contributed by atoms with E-state index in [4.69, 9.17) is 0 Å². The maximum atomic E-state index is 12.4. The average Bonchev–Trinajstić information content (AvgIpc) is 2.52. The van der Waals surface area contributed by atoms with Crippen LogP contribution in [0.15, 0.2) is 35.7 Å². The van der Waals surface area contributed by atoms with Gasteiger partial charge in [-0.15, -0.1) is 0 Å². The summed E-state index contributed by atoms with van der Waals surface area (Å²) in [7, 11) is -3.43. The van der Waals surface area contributed by atoms with Crippen LogP contribution in [0.2, 0.25) is 0 Å². The predicted molar refractivity (Wildman–Crippen MR) is 89.9 cm³/mol. The number of sulfonamides is 1. The lowest BCUT2D eigenvalue weighted by atomic mass is 9.84. The van der Waals surface area contributed by atoms with E-state index in [1.165, 1.54) is 9.71 Å². The maximum Gasteiger partial charge on any atom is 0.236 e. The van der Waals surface area contributed by atoms with Gasteiger partial charge in [0, 0.05) is 37.5 Å². The highest BCUT2D eigenvalue weighted by Crippen LogP contribution is 2.28. The molecule has 124 valence electrons. The number of hydrogen-bond acceptors (Lipinski definition) is 3. The van der Waals surface area contributed by atoms with E-state index < -0.39 is 10.0 Å². The minimum absolute atomic E-state index is 0.177. The normalized spacial score (nSPS) is 20.6. The van der Waals surface area contributed by atoms with Crippen LogP contribution in [0, 0.1) is 5.92 Å². The lowest BCUT2D eigenvalue weighted by Gasteiger charge is -2.37. The first-order chi connectivity index (χ1) is 11.1. The summed E-state index contributed by atoms with van der Waals surface area (Å²) in [6, 6.07) is 9.36. The Morgan fingerprint density at radius 3 is 2.26 bits per heavy atom. The molecule has 1 amide bonds. The van der Waals surface area contributed by atoms with Crippen molar-refractivity contribution >= 4 is 22.0 Å². The van der Waals surface area contributed by atoms with E-state index in [-0.39, 0.29) is 11.8 Å². The molecule has 1 aliphatic heterocycles. The largest absolute Gasteiger partial charge is 0.340 e. The van der Waals surface area contributed by atoms with E-state index in [0.717, 1.165) is 24.8 Å². The van der Waals surface area contributed by atoms with Gasteiger partial charge >= 0.3 is 0 Å². The molecule has 1 aromatic carbocycles. The summed E-state index contributed by atoms with van der Waals surface area (Å²) < 4.78 is 26.2. The molecule has 6 heteroatoms. The van der Waals surface area contributed by atoms with E-state index in [2.05, 4.69) is 0 Å². The van der Waals surface area contributed by atoms with Crippen LogP contribution < -0.4 is 0 Å². The molecule has 23 heavy (non-hydrogen) atoms. The molecule has 5 nitrogen and oxygen atoms in total. The fourth-order valence-electron chi connectivity index (χ4n) is 2.89. The van der Waals surface area contributed by atoms with E-state index in [1.807, 2.05) is 35.2 Å². The third-order valence-electron chi connectivity index (χ3n) is 4.60. The summed E-state index contributed by atoms with van der Waals surface area (Å²) in [6.07, 6.45) is 4.71. The summed E-state index contributed by atoms with van der Waals surface area (Å²) in [4.78, 5) is 14.0. The molecule has 0 bridgehead atoms. The number of amides is 1. The molecule has 2 aliphatic rings. The van der Waals surface area contributed by atoms with Crippen molar-refractivity contribution in [2.24, 2.45) is 5.92 Å². The summed E-state index contributed by atoms with van der Waals surface area (Å²) >= 11 is 0. The molecule has 2 fully saturated rings. The van der Waals surface area contributed by atoms with E-state index >= 15 is 0 Å². The third kappa shape index (κ3) is 3.82. The number of nitrogens with zero attached hydrogens (tertiary/aromatic N) is 2. The minimum atomic E-state index is -3.43. The topological polar surface area (TPSA) is 57.7 Å². The number of carbonyl (C=O) groups is 1. The van der Waals surface area contributed by atoms with Crippen molar-refractivity contribution in [3.63, 3.8) is 0 Å². The highest BCUT2D eigenvalue weighted by molar-refractivity contribution is 7.92. The number of hydrogen-bond donors (Lipinski definition) is 0. The van der Waals surface area contributed by atoms with Crippen LogP contribution in [0.5, 0.6) is 0 Å². The maximum absolute atomic E-state index is 12.4. The first kappa shape index (κ1) is 16.2. The smallest absolute Gasteiger partial charge is 0.236 e. The van der Waals surface area contributed by atoms with Gasteiger partial charge in [0.2, 0.25) is 15.9 Å². The van der Waals surface area contributed by atoms with Gasteiger partial charge in [-0.2, -0.15) is 4.31 Å². The molecule has 1 saturated heterocycles. The Balaban J connectivity index is 1.57. The Morgan fingerprint density at radius 2 is 1.70 bits per heavy atom. The molecule has 1 aliphatic carbocycles. The van der Waals surface area contributed by atoms with Gasteiger partial charge in [-0.25, -0.2) is 8.42 Å². The van der Waals surface area contributed by atoms with Crippen LogP contribution in [0.1, 0.15) is 24.8 Å². The Kier molecular flexibility index (Phi) is 4.82. The molecule has 0 N–H and O–H groups in total. The molecule has 1 saturated carbocycles. The second kappa shape index (κ2) is 6.84. The van der Waals surface area contributed by atoms with Crippen molar-refractivity contribution in [2.75, 3.05) is 26.2 Å². The number of carbonyl (C=O) groups excluding carboxylic acids is 1. The van der Waals surface area contributed by atoms with Gasteiger partial charge in [-0.05, 0) is 24.5 Å². The van der Waals surface area contributed by atoms with Crippen LogP contribution in [0.3, 0.4) is 0 Å².